The number of nitrogens with zero attached hydrogens (tertiary/aromatic N) is 4. The zero-order chi connectivity index (χ0) is 16.9. The minimum absolute atomic E-state index is 0.0000964. The molecule has 1 N–H and O–H groups in total. The Morgan fingerprint density at radius 2 is 1.83 bits per heavy atom. The summed E-state index contributed by atoms with van der Waals surface area (Å²) in [6, 6.07) is 13.2. The van der Waals surface area contributed by atoms with Crippen LogP contribution in [0.1, 0.15) is 5.56 Å². The summed E-state index contributed by atoms with van der Waals surface area (Å²) in [6.45, 7) is 0. The minimum atomic E-state index is -0.399. The van der Waals surface area contributed by atoms with Gasteiger partial charge in [-0.15, -0.1) is 0 Å². The van der Waals surface area contributed by atoms with Crippen LogP contribution in [0.4, 0.5) is 5.82 Å². The molecule has 3 aromatic rings. The first-order valence-electron chi connectivity index (χ1n) is 7.73. The van der Waals surface area contributed by atoms with Gasteiger partial charge in [0, 0.05) is 32.9 Å². The van der Waals surface area contributed by atoms with Gasteiger partial charge in [0.2, 0.25) is 5.91 Å². The third-order valence-corrected chi connectivity index (χ3v) is 3.68. The first-order valence-corrected chi connectivity index (χ1v) is 7.73. The molecule has 0 unspecified atom stereocenters. The van der Waals surface area contributed by atoms with E-state index in [1.807, 2.05) is 42.5 Å². The van der Waals surface area contributed by atoms with E-state index >= 15 is 0 Å². The maximum absolute atomic E-state index is 12.5. The molecule has 0 aliphatic rings. The molecule has 1 amide bonds. The number of fused-ring (bicyclic) bond motifs is 1. The highest BCUT2D eigenvalue weighted by Gasteiger charge is 2.21. The van der Waals surface area contributed by atoms with Crippen LogP contribution in [0.3, 0.4) is 0 Å². The van der Waals surface area contributed by atoms with Gasteiger partial charge in [0.05, 0.1) is 0 Å². The van der Waals surface area contributed by atoms with Crippen LogP contribution in [-0.4, -0.2) is 45.9 Å². The number of aromatic nitrogens is 3. The third-order valence-electron chi connectivity index (χ3n) is 3.68. The van der Waals surface area contributed by atoms with Gasteiger partial charge in [-0.2, -0.15) is 0 Å². The second kappa shape index (κ2) is 7.04. The minimum Gasteiger partial charge on any atom is -0.358 e. The normalized spacial score (nSPS) is 11.9. The number of hydrogen-bond donors (Lipinski definition) is 1. The molecule has 122 valence electrons. The summed E-state index contributed by atoms with van der Waals surface area (Å²) in [6.07, 6.45) is 3.81. The van der Waals surface area contributed by atoms with Crippen LogP contribution in [0.2, 0.25) is 0 Å². The summed E-state index contributed by atoms with van der Waals surface area (Å²) >= 11 is 0. The second-order valence-corrected chi connectivity index (χ2v) is 5.71. The van der Waals surface area contributed by atoms with E-state index in [0.29, 0.717) is 17.9 Å². The maximum Gasteiger partial charge on any atom is 0.244 e. The molecule has 1 aromatic carbocycles. The number of nitrogens with one attached hydrogen (secondary N) is 1. The number of pyridine rings is 1. The van der Waals surface area contributed by atoms with E-state index in [2.05, 4.69) is 20.3 Å². The fourth-order valence-corrected chi connectivity index (χ4v) is 2.47. The van der Waals surface area contributed by atoms with Gasteiger partial charge in [0.1, 0.15) is 17.4 Å². The summed E-state index contributed by atoms with van der Waals surface area (Å²) in [5.74, 6) is 0.610. The first kappa shape index (κ1) is 15.9. The zero-order valence-electron chi connectivity index (χ0n) is 13.7. The van der Waals surface area contributed by atoms with E-state index in [0.717, 1.165) is 11.1 Å². The van der Waals surface area contributed by atoms with Crippen molar-refractivity contribution in [1.29, 1.82) is 0 Å². The summed E-state index contributed by atoms with van der Waals surface area (Å²) in [7, 11) is 3.50. The number of carbonyl (C=O) groups excluding carboxylic acids is 1. The molecule has 0 aliphatic carbocycles. The van der Waals surface area contributed by atoms with Crippen molar-refractivity contribution in [2.45, 2.75) is 12.5 Å². The fourth-order valence-electron chi connectivity index (χ4n) is 2.47. The Labute approximate surface area is 140 Å². The highest BCUT2D eigenvalue weighted by Crippen LogP contribution is 2.14. The van der Waals surface area contributed by atoms with Gasteiger partial charge >= 0.3 is 0 Å². The lowest BCUT2D eigenvalue weighted by Crippen LogP contribution is -2.40. The van der Waals surface area contributed by atoms with E-state index < -0.39 is 6.04 Å². The molecule has 0 fully saturated rings. The molecule has 6 heteroatoms. The smallest absolute Gasteiger partial charge is 0.244 e. The maximum atomic E-state index is 12.5. The summed E-state index contributed by atoms with van der Waals surface area (Å²) in [4.78, 5) is 27.0. The van der Waals surface area contributed by atoms with Crippen LogP contribution in [0, 0.1) is 0 Å². The molecule has 2 heterocycles. The van der Waals surface area contributed by atoms with Crippen LogP contribution >= 0.6 is 0 Å². The van der Waals surface area contributed by atoms with Gasteiger partial charge in [-0.05, 0) is 17.7 Å². The number of anilines is 1. The lowest BCUT2D eigenvalue weighted by molar-refractivity contribution is -0.129. The molecule has 1 atom stereocenters. The molecule has 0 saturated carbocycles. The summed E-state index contributed by atoms with van der Waals surface area (Å²) < 4.78 is 0. The molecular weight excluding hydrogens is 302 g/mol. The molecule has 24 heavy (non-hydrogen) atoms. The first-order chi connectivity index (χ1) is 11.6. The van der Waals surface area contributed by atoms with Crippen LogP contribution in [0.25, 0.3) is 11.2 Å². The fraction of sp³-hybridized carbons (Fsp3) is 0.222. The number of benzene rings is 1. The van der Waals surface area contributed by atoms with Crippen molar-refractivity contribution < 1.29 is 4.79 Å². The largest absolute Gasteiger partial charge is 0.358 e. The molecule has 0 bridgehead atoms. The highest BCUT2D eigenvalue weighted by atomic mass is 16.2. The van der Waals surface area contributed by atoms with Gasteiger partial charge in [-0.1, -0.05) is 30.3 Å². The third kappa shape index (κ3) is 3.65. The van der Waals surface area contributed by atoms with Crippen molar-refractivity contribution >= 4 is 22.9 Å². The topological polar surface area (TPSA) is 71.0 Å². The molecule has 0 radical (unpaired) electrons. The highest BCUT2D eigenvalue weighted by molar-refractivity contribution is 5.84. The van der Waals surface area contributed by atoms with Crippen LogP contribution in [0.15, 0.2) is 54.9 Å². The van der Waals surface area contributed by atoms with Gasteiger partial charge in [-0.3, -0.25) is 9.78 Å². The average molecular weight is 321 g/mol. The zero-order valence-corrected chi connectivity index (χ0v) is 13.7. The molecule has 3 rings (SSSR count). The van der Waals surface area contributed by atoms with Gasteiger partial charge in [-0.25, -0.2) is 9.97 Å². The predicted molar refractivity (Wildman–Crippen MR) is 93.6 cm³/mol. The predicted octanol–water partition coefficient (Wildman–Crippen LogP) is 2.14. The lowest BCUT2D eigenvalue weighted by Gasteiger charge is -2.22. The van der Waals surface area contributed by atoms with Gasteiger partial charge in [0.25, 0.3) is 0 Å². The Morgan fingerprint density at radius 3 is 2.58 bits per heavy atom. The number of hydrogen-bond acceptors (Lipinski definition) is 5. The Bertz CT molecular complexity index is 835. The average Bonchev–Trinajstić information content (AvgIpc) is 2.61. The number of carbonyl (C=O) groups is 1. The van der Waals surface area contributed by atoms with Gasteiger partial charge in [0.15, 0.2) is 5.65 Å². The number of amides is 1. The molecule has 0 spiro atoms. The Morgan fingerprint density at radius 1 is 1.08 bits per heavy atom. The van der Waals surface area contributed by atoms with E-state index in [-0.39, 0.29) is 5.91 Å². The number of rotatable bonds is 5. The Hall–Kier alpha value is -3.02. The van der Waals surface area contributed by atoms with Crippen molar-refractivity contribution in [1.82, 2.24) is 19.9 Å². The van der Waals surface area contributed by atoms with Crippen molar-refractivity contribution in [3.63, 3.8) is 0 Å². The van der Waals surface area contributed by atoms with Crippen molar-refractivity contribution in [2.75, 3.05) is 19.4 Å². The second-order valence-electron chi connectivity index (χ2n) is 5.71. The van der Waals surface area contributed by atoms with E-state index in [9.17, 15) is 4.79 Å². The molecule has 6 nitrogen and oxygen atoms in total. The Balaban J connectivity index is 1.85. The molecule has 2 aromatic heterocycles. The summed E-state index contributed by atoms with van der Waals surface area (Å²) in [5, 5.41) is 3.23. The standard InChI is InChI=1S/C18H19N5O/c1-23(2)18(24)15(12-13-6-4-3-5-7-13)21-16-9-8-14-17(22-16)20-11-10-19-14/h3-11,15H,12H2,1-2H3,(H,20,21,22)/t15-/m0/s1. The Kier molecular flexibility index (Phi) is 4.65. The lowest BCUT2D eigenvalue weighted by atomic mass is 10.0. The van der Waals surface area contributed by atoms with E-state index in [1.54, 1.807) is 31.4 Å². The number of likely N-dealkylation sites (N-methyl/N-ethyl adjacent to an activating group) is 1. The molecular formula is C18H19N5O. The van der Waals surface area contributed by atoms with Crippen molar-refractivity contribution in [2.24, 2.45) is 0 Å². The monoisotopic (exact) mass is 321 g/mol. The molecule has 0 aliphatic heterocycles. The van der Waals surface area contributed by atoms with Crippen molar-refractivity contribution in [3.8, 4) is 0 Å². The van der Waals surface area contributed by atoms with E-state index in [1.165, 1.54) is 0 Å². The van der Waals surface area contributed by atoms with Crippen LogP contribution in [0.5, 0.6) is 0 Å². The quantitative estimate of drug-likeness (QED) is 0.779. The van der Waals surface area contributed by atoms with Crippen LogP contribution in [-0.2, 0) is 11.2 Å². The van der Waals surface area contributed by atoms with Gasteiger partial charge < -0.3 is 10.2 Å². The summed E-state index contributed by atoms with van der Waals surface area (Å²) in [5.41, 5.74) is 2.37. The van der Waals surface area contributed by atoms with Crippen molar-refractivity contribution in [3.05, 3.63) is 60.4 Å². The van der Waals surface area contributed by atoms with Crippen LogP contribution < -0.4 is 5.32 Å². The SMILES string of the molecule is CN(C)C(=O)[C@H](Cc1ccccc1)Nc1ccc2nccnc2n1. The van der Waals surface area contributed by atoms with E-state index in [4.69, 9.17) is 0 Å². The molecule has 0 saturated heterocycles.